The lowest BCUT2D eigenvalue weighted by molar-refractivity contribution is 0.183. The number of carbonyl (C=O) groups excluding carboxylic acids is 1. The fraction of sp³-hybridized carbons (Fsp3) is 0.364. The van der Waals surface area contributed by atoms with E-state index in [1.165, 1.54) is 18.4 Å². The molecule has 2 aromatic heterocycles. The summed E-state index contributed by atoms with van der Waals surface area (Å²) >= 11 is -1.48. The lowest BCUT2D eigenvalue weighted by Crippen LogP contribution is -2.32. The number of rotatable bonds is 7. The number of thiophene rings is 1. The lowest BCUT2D eigenvalue weighted by atomic mass is 9.99. The smallest absolute Gasteiger partial charge is 0.426 e. The molecule has 0 bridgehead atoms. The number of benzene rings is 1. The SMILES string of the molecule is COC(=O)N(c1sc(CC(C)C)c(C)c1-c1ccc(Cn2ccnc2C)cc1)S(=O)[O-]. The van der Waals surface area contributed by atoms with Crippen molar-refractivity contribution >= 4 is 33.7 Å². The van der Waals surface area contributed by atoms with Gasteiger partial charge >= 0.3 is 6.09 Å². The molecule has 0 fully saturated rings. The van der Waals surface area contributed by atoms with Crippen LogP contribution in [-0.4, -0.2) is 31.5 Å². The first-order valence-electron chi connectivity index (χ1n) is 9.89. The first-order chi connectivity index (χ1) is 14.7. The molecule has 0 saturated carbocycles. The summed E-state index contributed by atoms with van der Waals surface area (Å²) in [6.07, 6.45) is 3.56. The molecule has 3 aromatic rings. The highest BCUT2D eigenvalue weighted by Crippen LogP contribution is 2.44. The van der Waals surface area contributed by atoms with Gasteiger partial charge in [-0.25, -0.2) is 9.78 Å². The summed E-state index contributed by atoms with van der Waals surface area (Å²) in [6, 6.07) is 7.94. The summed E-state index contributed by atoms with van der Waals surface area (Å²) in [6.45, 7) is 8.83. The van der Waals surface area contributed by atoms with Gasteiger partial charge in [0.15, 0.2) is 0 Å². The third-order valence-electron chi connectivity index (χ3n) is 5.01. The van der Waals surface area contributed by atoms with E-state index >= 15 is 0 Å². The van der Waals surface area contributed by atoms with Crippen LogP contribution in [-0.2, 0) is 29.0 Å². The molecule has 3 rings (SSSR count). The van der Waals surface area contributed by atoms with E-state index in [0.717, 1.165) is 39.4 Å². The van der Waals surface area contributed by atoms with Crippen LogP contribution >= 0.6 is 11.3 Å². The van der Waals surface area contributed by atoms with Gasteiger partial charge in [-0.3, -0.25) is 4.21 Å². The molecule has 1 atom stereocenters. The Kier molecular flexibility index (Phi) is 7.30. The van der Waals surface area contributed by atoms with Gasteiger partial charge in [0, 0.05) is 29.4 Å². The van der Waals surface area contributed by atoms with Gasteiger partial charge in [0.1, 0.15) is 10.8 Å². The van der Waals surface area contributed by atoms with Gasteiger partial charge in [-0.15, -0.1) is 11.3 Å². The fourth-order valence-electron chi connectivity index (χ4n) is 3.43. The predicted octanol–water partition coefficient (Wildman–Crippen LogP) is 4.84. The Bertz CT molecular complexity index is 1090. The molecule has 9 heteroatoms. The normalized spacial score (nSPS) is 12.2. The van der Waals surface area contributed by atoms with Crippen molar-refractivity contribution in [1.82, 2.24) is 9.55 Å². The molecule has 1 unspecified atom stereocenters. The van der Waals surface area contributed by atoms with Crippen LogP contribution in [0.3, 0.4) is 0 Å². The highest BCUT2D eigenvalue weighted by molar-refractivity contribution is 7.81. The second kappa shape index (κ2) is 9.76. The minimum absolute atomic E-state index is 0.353. The van der Waals surface area contributed by atoms with E-state index in [4.69, 9.17) is 4.74 Å². The van der Waals surface area contributed by atoms with Crippen LogP contribution < -0.4 is 4.31 Å². The zero-order valence-corrected chi connectivity index (χ0v) is 19.9. The number of amides is 1. The molecule has 1 aromatic carbocycles. The summed E-state index contributed by atoms with van der Waals surface area (Å²) in [4.78, 5) is 17.6. The molecular weight excluding hydrogens is 434 g/mol. The first-order valence-corrected chi connectivity index (χ1v) is 11.7. The average molecular weight is 461 g/mol. The van der Waals surface area contributed by atoms with Gasteiger partial charge < -0.3 is 13.9 Å². The highest BCUT2D eigenvalue weighted by Gasteiger charge is 2.27. The highest BCUT2D eigenvalue weighted by atomic mass is 32.2. The van der Waals surface area contributed by atoms with E-state index in [1.54, 1.807) is 6.20 Å². The summed E-state index contributed by atoms with van der Waals surface area (Å²) in [5.74, 6) is 1.33. The van der Waals surface area contributed by atoms with Crippen LogP contribution in [0, 0.1) is 19.8 Å². The van der Waals surface area contributed by atoms with Crippen molar-refractivity contribution in [3.8, 4) is 11.1 Å². The maximum absolute atomic E-state index is 12.3. The van der Waals surface area contributed by atoms with Crippen LogP contribution in [0.2, 0.25) is 0 Å². The molecule has 0 saturated heterocycles. The number of methoxy groups -OCH3 is 1. The van der Waals surface area contributed by atoms with E-state index in [2.05, 4.69) is 23.4 Å². The fourth-order valence-corrected chi connectivity index (χ4v) is 5.58. The zero-order chi connectivity index (χ0) is 22.7. The average Bonchev–Trinajstić information content (AvgIpc) is 3.25. The Labute approximate surface area is 189 Å². The maximum atomic E-state index is 12.3. The molecule has 0 radical (unpaired) electrons. The largest absolute Gasteiger partial charge is 0.755 e. The number of ether oxygens (including phenoxy) is 1. The minimum Gasteiger partial charge on any atom is -0.755 e. The van der Waals surface area contributed by atoms with Crippen molar-refractivity contribution in [3.05, 3.63) is 58.5 Å². The van der Waals surface area contributed by atoms with Crippen molar-refractivity contribution in [2.75, 3.05) is 11.4 Å². The number of imidazole rings is 1. The molecule has 166 valence electrons. The maximum Gasteiger partial charge on any atom is 0.426 e. The number of hydrogen-bond donors (Lipinski definition) is 0. The molecule has 0 spiro atoms. The van der Waals surface area contributed by atoms with E-state index in [-0.39, 0.29) is 0 Å². The van der Waals surface area contributed by atoms with Crippen LogP contribution in [0.25, 0.3) is 11.1 Å². The van der Waals surface area contributed by atoms with E-state index in [1.807, 2.05) is 44.3 Å². The number of carbonyl (C=O) groups is 1. The number of nitrogens with zero attached hydrogens (tertiary/aromatic N) is 3. The van der Waals surface area contributed by atoms with Crippen molar-refractivity contribution < 1.29 is 18.3 Å². The Balaban J connectivity index is 2.06. The van der Waals surface area contributed by atoms with Crippen LogP contribution in [0.5, 0.6) is 0 Å². The monoisotopic (exact) mass is 460 g/mol. The lowest BCUT2D eigenvalue weighted by Gasteiger charge is -2.23. The van der Waals surface area contributed by atoms with E-state index < -0.39 is 17.4 Å². The van der Waals surface area contributed by atoms with Crippen LogP contribution in [0.1, 0.15) is 35.7 Å². The van der Waals surface area contributed by atoms with Crippen molar-refractivity contribution in [2.24, 2.45) is 5.92 Å². The standard InChI is InChI=1S/C22H27N3O4S2/c1-14(2)12-19-15(3)20(21(30-19)25(31(27)28)22(26)29-5)18-8-6-17(7-9-18)13-24-11-10-23-16(24)4/h6-11,14H,12-13H2,1-5H3,(H,27,28)/p-1. The third-order valence-corrected chi connectivity index (χ3v) is 7.06. The van der Waals surface area contributed by atoms with Crippen molar-refractivity contribution in [3.63, 3.8) is 0 Å². The van der Waals surface area contributed by atoms with Crippen molar-refractivity contribution in [1.29, 1.82) is 0 Å². The second-order valence-electron chi connectivity index (χ2n) is 7.71. The van der Waals surface area contributed by atoms with Crippen LogP contribution in [0.4, 0.5) is 9.80 Å². The zero-order valence-electron chi connectivity index (χ0n) is 18.2. The summed E-state index contributed by atoms with van der Waals surface area (Å²) in [7, 11) is 1.17. The van der Waals surface area contributed by atoms with E-state index in [9.17, 15) is 13.6 Å². The Morgan fingerprint density at radius 1 is 1.29 bits per heavy atom. The first kappa shape index (κ1) is 23.2. The van der Waals surface area contributed by atoms with E-state index in [0.29, 0.717) is 21.8 Å². The Morgan fingerprint density at radius 2 is 1.97 bits per heavy atom. The number of aromatic nitrogens is 2. The quantitative estimate of drug-likeness (QED) is 0.471. The summed E-state index contributed by atoms with van der Waals surface area (Å²) < 4.78 is 31.3. The molecule has 0 N–H and O–H groups in total. The predicted molar refractivity (Wildman–Crippen MR) is 123 cm³/mol. The molecule has 2 heterocycles. The van der Waals surface area contributed by atoms with Gasteiger partial charge in [-0.1, -0.05) is 38.1 Å². The molecule has 0 aliphatic heterocycles. The van der Waals surface area contributed by atoms with Gasteiger partial charge in [0.05, 0.1) is 18.4 Å². The van der Waals surface area contributed by atoms with Gasteiger partial charge in [0.2, 0.25) is 0 Å². The minimum atomic E-state index is -2.80. The number of aryl methyl sites for hydroxylation is 1. The second-order valence-corrected chi connectivity index (χ2v) is 9.59. The molecule has 0 aliphatic rings. The molecule has 0 aliphatic carbocycles. The molecule has 31 heavy (non-hydrogen) atoms. The molecular formula is C22H26N3O4S2-. The third kappa shape index (κ3) is 5.06. The number of anilines is 1. The van der Waals surface area contributed by atoms with Crippen molar-refractivity contribution in [2.45, 2.75) is 40.7 Å². The topological polar surface area (TPSA) is 87.5 Å². The van der Waals surface area contributed by atoms with Gasteiger partial charge in [-0.2, -0.15) is 4.31 Å². The Hall–Kier alpha value is -2.49. The molecule has 1 amide bonds. The number of hydrogen-bond acceptors (Lipinski definition) is 6. The van der Waals surface area contributed by atoms with Gasteiger partial charge in [0.25, 0.3) is 0 Å². The Morgan fingerprint density at radius 3 is 2.48 bits per heavy atom. The molecule has 7 nitrogen and oxygen atoms in total. The summed E-state index contributed by atoms with van der Waals surface area (Å²) in [5.41, 5.74) is 3.66. The van der Waals surface area contributed by atoms with Gasteiger partial charge in [-0.05, 0) is 42.9 Å². The summed E-state index contributed by atoms with van der Waals surface area (Å²) in [5, 5.41) is 0.353. The van der Waals surface area contributed by atoms with Crippen LogP contribution in [0.15, 0.2) is 36.7 Å².